The summed E-state index contributed by atoms with van der Waals surface area (Å²) in [5.74, 6) is 1.60. The Morgan fingerprint density at radius 2 is 2.35 bits per heavy atom. The zero-order chi connectivity index (χ0) is 12.4. The summed E-state index contributed by atoms with van der Waals surface area (Å²) >= 11 is 3.37. The van der Waals surface area contributed by atoms with Gasteiger partial charge in [0.15, 0.2) is 5.70 Å². The van der Waals surface area contributed by atoms with Crippen LogP contribution in [0.1, 0.15) is 25.3 Å². The summed E-state index contributed by atoms with van der Waals surface area (Å²) in [6, 6.07) is 0. The predicted molar refractivity (Wildman–Crippen MR) is 71.3 cm³/mol. The Hall–Kier alpha value is -0.650. The second-order valence-corrected chi connectivity index (χ2v) is 6.50. The summed E-state index contributed by atoms with van der Waals surface area (Å²) in [6.45, 7) is 4.14. The number of quaternary nitrogens is 1. The van der Waals surface area contributed by atoms with Crippen molar-refractivity contribution in [3.8, 4) is 0 Å². The Labute approximate surface area is 110 Å². The molecule has 1 aliphatic rings. The van der Waals surface area contributed by atoms with Crippen molar-refractivity contribution in [2.75, 3.05) is 0 Å². The third-order valence-electron chi connectivity index (χ3n) is 3.26. The van der Waals surface area contributed by atoms with Crippen LogP contribution >= 0.6 is 23.1 Å². The number of rotatable bonds is 3. The van der Waals surface area contributed by atoms with Crippen LogP contribution in [0.5, 0.6) is 0 Å². The molecule has 0 aromatic carbocycles. The van der Waals surface area contributed by atoms with Crippen molar-refractivity contribution in [1.29, 1.82) is 0 Å². The van der Waals surface area contributed by atoms with Crippen LogP contribution in [-0.4, -0.2) is 10.8 Å². The van der Waals surface area contributed by atoms with Crippen LogP contribution in [-0.2, 0) is 10.5 Å². The molecule has 1 aromatic rings. The van der Waals surface area contributed by atoms with E-state index in [-0.39, 0.29) is 11.7 Å². The fourth-order valence-electron chi connectivity index (χ4n) is 1.88. The zero-order valence-electron chi connectivity index (χ0n) is 10.1. The average molecular weight is 269 g/mol. The van der Waals surface area contributed by atoms with E-state index in [1.165, 1.54) is 0 Å². The fraction of sp³-hybridized carbons (Fsp3) is 0.500. The van der Waals surface area contributed by atoms with Gasteiger partial charge in [-0.05, 0) is 12.3 Å². The van der Waals surface area contributed by atoms with E-state index in [1.807, 2.05) is 18.5 Å². The van der Waals surface area contributed by atoms with E-state index >= 15 is 0 Å². The maximum atomic E-state index is 12.0. The Morgan fingerprint density at radius 1 is 1.59 bits per heavy atom. The number of thioether (sulfide) groups is 1. The number of carbonyl (C=O) groups is 1. The molecule has 0 aliphatic heterocycles. The summed E-state index contributed by atoms with van der Waals surface area (Å²) in [7, 11) is 0. The van der Waals surface area contributed by atoms with Crippen molar-refractivity contribution in [3.63, 3.8) is 0 Å². The van der Waals surface area contributed by atoms with E-state index in [9.17, 15) is 4.79 Å². The van der Waals surface area contributed by atoms with Crippen LogP contribution in [0.15, 0.2) is 22.2 Å². The molecule has 3 N–H and O–H groups in total. The molecule has 0 spiro atoms. The van der Waals surface area contributed by atoms with Crippen LogP contribution in [0.25, 0.3) is 0 Å². The Bertz CT molecular complexity index is 439. The first-order valence-corrected chi connectivity index (χ1v) is 7.56. The second-order valence-electron chi connectivity index (χ2n) is 4.45. The quantitative estimate of drug-likeness (QED) is 0.914. The molecule has 2 rings (SSSR count). The average Bonchev–Trinajstić information content (AvgIpc) is 2.82. The SMILES string of the molecule is CC1CC(SCc2nccs2)=C([NH3+])C(=O)C1C. The Kier molecular flexibility index (Phi) is 4.01. The van der Waals surface area contributed by atoms with Gasteiger partial charge >= 0.3 is 0 Å². The fourth-order valence-corrected chi connectivity index (χ4v) is 3.76. The number of hydrogen-bond acceptors (Lipinski definition) is 4. The number of allylic oxidation sites excluding steroid dienone is 2. The summed E-state index contributed by atoms with van der Waals surface area (Å²) in [6.07, 6.45) is 2.79. The van der Waals surface area contributed by atoms with Crippen molar-refractivity contribution in [2.45, 2.75) is 26.0 Å². The minimum absolute atomic E-state index is 0.117. The van der Waals surface area contributed by atoms with E-state index in [1.54, 1.807) is 23.1 Å². The van der Waals surface area contributed by atoms with Crippen molar-refractivity contribution >= 4 is 28.9 Å². The molecule has 1 aromatic heterocycles. The van der Waals surface area contributed by atoms with Crippen LogP contribution < -0.4 is 5.73 Å². The van der Waals surface area contributed by atoms with Crippen LogP contribution in [0.4, 0.5) is 0 Å². The number of ketones is 1. The smallest absolute Gasteiger partial charge is 0.219 e. The number of thiazole rings is 1. The van der Waals surface area contributed by atoms with Gasteiger partial charge in [-0.3, -0.25) is 4.79 Å². The predicted octanol–water partition coefficient (Wildman–Crippen LogP) is 2.07. The lowest BCUT2D eigenvalue weighted by molar-refractivity contribution is -0.301. The normalized spacial score (nSPS) is 25.5. The summed E-state index contributed by atoms with van der Waals surface area (Å²) in [4.78, 5) is 17.4. The lowest BCUT2D eigenvalue weighted by Gasteiger charge is -2.24. The van der Waals surface area contributed by atoms with Gasteiger partial charge in [0, 0.05) is 17.5 Å². The van der Waals surface area contributed by atoms with Crippen molar-refractivity contribution < 1.29 is 10.5 Å². The van der Waals surface area contributed by atoms with E-state index in [0.29, 0.717) is 5.92 Å². The highest BCUT2D eigenvalue weighted by molar-refractivity contribution is 8.02. The molecule has 0 saturated carbocycles. The van der Waals surface area contributed by atoms with Gasteiger partial charge in [-0.1, -0.05) is 13.8 Å². The van der Waals surface area contributed by atoms with Crippen molar-refractivity contribution in [1.82, 2.24) is 4.98 Å². The maximum absolute atomic E-state index is 12.0. The molecule has 2 atom stereocenters. The van der Waals surface area contributed by atoms with Crippen LogP contribution in [0.2, 0.25) is 0 Å². The molecule has 1 aliphatic carbocycles. The van der Waals surface area contributed by atoms with E-state index < -0.39 is 0 Å². The molecular formula is C12H17N2OS2+. The number of carbonyl (C=O) groups excluding carboxylic acids is 1. The van der Waals surface area contributed by atoms with Gasteiger partial charge in [-0.2, -0.15) is 0 Å². The lowest BCUT2D eigenvalue weighted by Crippen LogP contribution is -2.55. The number of Topliss-reactive ketones (excluding diaryl/α,β-unsaturated/α-hetero) is 1. The molecule has 0 amide bonds. The van der Waals surface area contributed by atoms with Gasteiger partial charge in [0.2, 0.25) is 5.78 Å². The van der Waals surface area contributed by atoms with Crippen LogP contribution in [0.3, 0.4) is 0 Å². The molecule has 92 valence electrons. The van der Waals surface area contributed by atoms with Crippen molar-refractivity contribution in [2.24, 2.45) is 11.8 Å². The van der Waals surface area contributed by atoms with E-state index in [2.05, 4.69) is 17.6 Å². The summed E-state index contributed by atoms with van der Waals surface area (Å²) in [5, 5.41) is 3.08. The lowest BCUT2D eigenvalue weighted by atomic mass is 9.83. The van der Waals surface area contributed by atoms with Crippen LogP contribution in [0, 0.1) is 11.8 Å². The third-order valence-corrected chi connectivity index (χ3v) is 5.40. The Morgan fingerprint density at radius 3 is 3.00 bits per heavy atom. The minimum Gasteiger partial charge on any atom is -0.321 e. The summed E-state index contributed by atoms with van der Waals surface area (Å²) < 4.78 is 0. The molecule has 0 bridgehead atoms. The summed E-state index contributed by atoms with van der Waals surface area (Å²) in [5.41, 5.74) is 4.66. The van der Waals surface area contributed by atoms with Gasteiger partial charge in [0.25, 0.3) is 0 Å². The standard InChI is InChI=1S/C12H16N2OS2/c1-7-5-9(11(13)12(15)8(7)2)17-6-10-14-3-4-16-10/h3-4,7-8H,5-6,13H2,1-2H3/p+1. The van der Waals surface area contributed by atoms with Gasteiger partial charge in [-0.15, -0.1) is 23.1 Å². The van der Waals surface area contributed by atoms with E-state index in [4.69, 9.17) is 0 Å². The van der Waals surface area contributed by atoms with E-state index in [0.717, 1.165) is 27.8 Å². The molecule has 0 radical (unpaired) electrons. The van der Waals surface area contributed by atoms with Gasteiger partial charge in [-0.25, -0.2) is 4.98 Å². The van der Waals surface area contributed by atoms with Crippen molar-refractivity contribution in [3.05, 3.63) is 27.2 Å². The minimum atomic E-state index is 0.117. The maximum Gasteiger partial charge on any atom is 0.219 e. The van der Waals surface area contributed by atoms with Gasteiger partial charge in [0.05, 0.1) is 10.7 Å². The molecule has 0 fully saturated rings. The zero-order valence-corrected chi connectivity index (χ0v) is 11.7. The molecule has 5 heteroatoms. The monoisotopic (exact) mass is 269 g/mol. The molecular weight excluding hydrogens is 252 g/mol. The second kappa shape index (κ2) is 5.33. The molecule has 17 heavy (non-hydrogen) atoms. The topological polar surface area (TPSA) is 57.6 Å². The largest absolute Gasteiger partial charge is 0.321 e. The number of aromatic nitrogens is 1. The first-order valence-electron chi connectivity index (χ1n) is 5.70. The highest BCUT2D eigenvalue weighted by Crippen LogP contribution is 2.36. The highest BCUT2D eigenvalue weighted by atomic mass is 32.2. The molecule has 0 saturated heterocycles. The first-order chi connectivity index (χ1) is 8.09. The number of hydrogen-bond donors (Lipinski definition) is 1. The highest BCUT2D eigenvalue weighted by Gasteiger charge is 2.33. The van der Waals surface area contributed by atoms with Gasteiger partial charge < -0.3 is 5.73 Å². The molecule has 3 nitrogen and oxygen atoms in total. The first kappa shape index (κ1) is 12.8. The molecule has 1 heterocycles. The molecule has 2 unspecified atom stereocenters. The third kappa shape index (κ3) is 2.78. The number of nitrogens with zero attached hydrogens (tertiary/aromatic N) is 1. The Balaban J connectivity index is 2.07. The van der Waals surface area contributed by atoms with Gasteiger partial charge in [0.1, 0.15) is 5.01 Å².